The standard InChI is InChI=1S/C11H7Cl2NO3S/c12-7-2-1-6(8(13)4-7)3-9-10(16)14(5-15)11(17)18-9/h1-4,15H,5H2/b9-3-. The summed E-state index contributed by atoms with van der Waals surface area (Å²) in [6, 6.07) is 4.83. The van der Waals surface area contributed by atoms with Gasteiger partial charge in [-0.2, -0.15) is 0 Å². The number of hydrogen-bond donors (Lipinski definition) is 1. The van der Waals surface area contributed by atoms with Crippen molar-refractivity contribution in [1.82, 2.24) is 4.90 Å². The van der Waals surface area contributed by atoms with E-state index in [-0.39, 0.29) is 4.91 Å². The first-order chi connectivity index (χ1) is 8.52. The van der Waals surface area contributed by atoms with Gasteiger partial charge in [0.15, 0.2) is 0 Å². The molecule has 18 heavy (non-hydrogen) atoms. The fourth-order valence-electron chi connectivity index (χ4n) is 1.38. The normalized spacial score (nSPS) is 17.9. The van der Waals surface area contributed by atoms with Crippen molar-refractivity contribution in [2.75, 3.05) is 6.73 Å². The zero-order valence-corrected chi connectivity index (χ0v) is 11.2. The molecule has 2 rings (SSSR count). The van der Waals surface area contributed by atoms with Crippen LogP contribution in [0.2, 0.25) is 10.0 Å². The molecule has 2 amide bonds. The molecule has 1 saturated heterocycles. The van der Waals surface area contributed by atoms with Gasteiger partial charge in [-0.1, -0.05) is 29.3 Å². The highest BCUT2D eigenvalue weighted by Gasteiger charge is 2.34. The van der Waals surface area contributed by atoms with Gasteiger partial charge in [0.1, 0.15) is 6.73 Å². The van der Waals surface area contributed by atoms with Crippen LogP contribution in [0.4, 0.5) is 4.79 Å². The van der Waals surface area contributed by atoms with Crippen LogP contribution in [0.15, 0.2) is 23.1 Å². The summed E-state index contributed by atoms with van der Waals surface area (Å²) < 4.78 is 0. The number of nitrogens with zero attached hydrogens (tertiary/aromatic N) is 1. The van der Waals surface area contributed by atoms with Gasteiger partial charge in [0.05, 0.1) is 4.91 Å². The maximum absolute atomic E-state index is 11.7. The summed E-state index contributed by atoms with van der Waals surface area (Å²) in [5, 5.41) is 9.25. The molecule has 1 N–H and O–H groups in total. The third-order valence-electron chi connectivity index (χ3n) is 2.26. The van der Waals surface area contributed by atoms with Crippen molar-refractivity contribution < 1.29 is 14.7 Å². The van der Waals surface area contributed by atoms with E-state index in [0.29, 0.717) is 15.6 Å². The second-order valence-electron chi connectivity index (χ2n) is 3.42. The molecular formula is C11H7Cl2NO3S. The first kappa shape index (κ1) is 13.4. The third kappa shape index (κ3) is 2.54. The van der Waals surface area contributed by atoms with Crippen molar-refractivity contribution in [3.05, 3.63) is 38.7 Å². The number of rotatable bonds is 2. The van der Waals surface area contributed by atoms with Crippen molar-refractivity contribution in [2.45, 2.75) is 0 Å². The Hall–Kier alpha value is -1.01. The number of carbonyl (C=O) groups is 2. The highest BCUT2D eigenvalue weighted by molar-refractivity contribution is 8.18. The largest absolute Gasteiger partial charge is 0.376 e. The maximum Gasteiger partial charge on any atom is 0.295 e. The molecule has 0 atom stereocenters. The van der Waals surface area contributed by atoms with E-state index < -0.39 is 17.9 Å². The number of benzene rings is 1. The van der Waals surface area contributed by atoms with Gasteiger partial charge in [-0.05, 0) is 35.5 Å². The number of halogens is 2. The fourth-order valence-corrected chi connectivity index (χ4v) is 2.67. The Labute approximate surface area is 117 Å². The SMILES string of the molecule is O=C1S/C(=C\c2ccc(Cl)cc2Cl)C(=O)N1CO. The highest BCUT2D eigenvalue weighted by atomic mass is 35.5. The Morgan fingerprint density at radius 1 is 1.33 bits per heavy atom. The minimum absolute atomic E-state index is 0.221. The maximum atomic E-state index is 11.7. The average Bonchev–Trinajstić information content (AvgIpc) is 2.58. The van der Waals surface area contributed by atoms with E-state index in [4.69, 9.17) is 28.3 Å². The Bertz CT molecular complexity index is 559. The van der Waals surface area contributed by atoms with E-state index in [0.717, 1.165) is 16.7 Å². The second kappa shape index (κ2) is 5.32. The lowest BCUT2D eigenvalue weighted by Crippen LogP contribution is -2.28. The van der Waals surface area contributed by atoms with Crippen LogP contribution in [0.1, 0.15) is 5.56 Å². The lowest BCUT2D eigenvalue weighted by atomic mass is 10.2. The quantitative estimate of drug-likeness (QED) is 0.853. The molecule has 0 bridgehead atoms. The smallest absolute Gasteiger partial charge is 0.295 e. The molecule has 0 unspecified atom stereocenters. The molecule has 0 aromatic heterocycles. The Morgan fingerprint density at radius 3 is 2.61 bits per heavy atom. The predicted octanol–water partition coefficient (Wildman–Crippen LogP) is 2.98. The van der Waals surface area contributed by atoms with Crippen molar-refractivity contribution in [1.29, 1.82) is 0 Å². The Kier molecular flexibility index (Phi) is 3.97. The van der Waals surface area contributed by atoms with Gasteiger partial charge in [-0.15, -0.1) is 0 Å². The lowest BCUT2D eigenvalue weighted by molar-refractivity contribution is -0.125. The number of aliphatic hydroxyl groups is 1. The van der Waals surface area contributed by atoms with E-state index in [1.165, 1.54) is 6.08 Å². The zero-order valence-electron chi connectivity index (χ0n) is 8.89. The number of thioether (sulfide) groups is 1. The summed E-state index contributed by atoms with van der Waals surface area (Å²) in [5.74, 6) is -0.529. The molecule has 0 saturated carbocycles. The zero-order chi connectivity index (χ0) is 13.3. The molecule has 0 aliphatic carbocycles. The molecular weight excluding hydrogens is 297 g/mol. The van der Waals surface area contributed by atoms with E-state index in [1.807, 2.05) is 0 Å². The minimum atomic E-state index is -0.629. The van der Waals surface area contributed by atoms with Crippen molar-refractivity contribution in [2.24, 2.45) is 0 Å². The molecule has 94 valence electrons. The summed E-state index contributed by atoms with van der Waals surface area (Å²) in [6.45, 7) is -0.629. The van der Waals surface area contributed by atoms with E-state index in [9.17, 15) is 9.59 Å². The fraction of sp³-hybridized carbons (Fsp3) is 0.0909. The molecule has 7 heteroatoms. The average molecular weight is 304 g/mol. The number of hydrogen-bond acceptors (Lipinski definition) is 4. The molecule has 1 aliphatic rings. The van der Waals surface area contributed by atoms with E-state index in [1.54, 1.807) is 18.2 Å². The van der Waals surface area contributed by atoms with Gasteiger partial charge in [0, 0.05) is 10.0 Å². The van der Waals surface area contributed by atoms with Crippen LogP contribution in [0.5, 0.6) is 0 Å². The van der Waals surface area contributed by atoms with Gasteiger partial charge >= 0.3 is 0 Å². The number of carbonyl (C=O) groups excluding carboxylic acids is 2. The van der Waals surface area contributed by atoms with Crippen molar-refractivity contribution >= 4 is 52.2 Å². The minimum Gasteiger partial charge on any atom is -0.376 e. The van der Waals surface area contributed by atoms with Crippen LogP contribution in [-0.4, -0.2) is 27.9 Å². The predicted molar refractivity (Wildman–Crippen MR) is 71.4 cm³/mol. The van der Waals surface area contributed by atoms with Crippen LogP contribution in [0, 0.1) is 0 Å². The van der Waals surface area contributed by atoms with Gasteiger partial charge in [-0.3, -0.25) is 9.59 Å². The molecule has 0 spiro atoms. The van der Waals surface area contributed by atoms with Crippen molar-refractivity contribution in [3.8, 4) is 0 Å². The van der Waals surface area contributed by atoms with Gasteiger partial charge in [0.2, 0.25) is 0 Å². The van der Waals surface area contributed by atoms with Crippen LogP contribution in [0.3, 0.4) is 0 Å². The van der Waals surface area contributed by atoms with Crippen LogP contribution in [0.25, 0.3) is 6.08 Å². The van der Waals surface area contributed by atoms with Crippen molar-refractivity contribution in [3.63, 3.8) is 0 Å². The highest BCUT2D eigenvalue weighted by Crippen LogP contribution is 2.33. The van der Waals surface area contributed by atoms with Gasteiger partial charge < -0.3 is 5.11 Å². The number of imide groups is 1. The van der Waals surface area contributed by atoms with Gasteiger partial charge in [-0.25, -0.2) is 4.90 Å². The second-order valence-corrected chi connectivity index (χ2v) is 5.25. The molecule has 0 radical (unpaired) electrons. The first-order valence-electron chi connectivity index (χ1n) is 4.84. The molecule has 1 aromatic carbocycles. The lowest BCUT2D eigenvalue weighted by Gasteiger charge is -2.06. The Morgan fingerprint density at radius 2 is 2.06 bits per heavy atom. The summed E-state index contributed by atoms with van der Waals surface area (Å²) >= 11 is 12.5. The van der Waals surface area contributed by atoms with Crippen LogP contribution < -0.4 is 0 Å². The van der Waals surface area contributed by atoms with Gasteiger partial charge in [0.25, 0.3) is 11.1 Å². The molecule has 1 aromatic rings. The number of amides is 2. The first-order valence-corrected chi connectivity index (χ1v) is 6.41. The van der Waals surface area contributed by atoms with E-state index in [2.05, 4.69) is 0 Å². The number of aliphatic hydroxyl groups excluding tert-OH is 1. The third-order valence-corrected chi connectivity index (χ3v) is 3.73. The molecule has 1 aliphatic heterocycles. The summed E-state index contributed by atoms with van der Waals surface area (Å²) in [4.78, 5) is 24.1. The summed E-state index contributed by atoms with van der Waals surface area (Å²) in [5.41, 5.74) is 0.588. The van der Waals surface area contributed by atoms with Crippen LogP contribution in [-0.2, 0) is 4.79 Å². The summed E-state index contributed by atoms with van der Waals surface area (Å²) in [7, 11) is 0. The van der Waals surface area contributed by atoms with E-state index >= 15 is 0 Å². The molecule has 4 nitrogen and oxygen atoms in total. The van der Waals surface area contributed by atoms with Crippen LogP contribution >= 0.6 is 35.0 Å². The molecule has 1 fully saturated rings. The topological polar surface area (TPSA) is 57.6 Å². The molecule has 1 heterocycles. The summed E-state index contributed by atoms with van der Waals surface area (Å²) in [6.07, 6.45) is 1.50. The Balaban J connectivity index is 2.35. The monoisotopic (exact) mass is 303 g/mol.